The second-order valence-electron chi connectivity index (χ2n) is 4.93. The van der Waals surface area contributed by atoms with Crippen LogP contribution in [0.15, 0.2) is 16.6 Å². The predicted octanol–water partition coefficient (Wildman–Crippen LogP) is 3.86. The van der Waals surface area contributed by atoms with E-state index in [0.29, 0.717) is 29.1 Å². The summed E-state index contributed by atoms with van der Waals surface area (Å²) in [4.78, 5) is 14.3. The van der Waals surface area contributed by atoms with Gasteiger partial charge in [-0.15, -0.1) is 0 Å². The first-order valence-corrected chi connectivity index (χ1v) is 7.04. The van der Waals surface area contributed by atoms with Crippen LogP contribution in [0.5, 0.6) is 0 Å². The molecule has 1 saturated carbocycles. The highest BCUT2D eigenvalue weighted by molar-refractivity contribution is 9.10. The summed E-state index contributed by atoms with van der Waals surface area (Å²) < 4.78 is 0.940. The van der Waals surface area contributed by atoms with Crippen LogP contribution in [0.3, 0.4) is 0 Å². The Balaban J connectivity index is 1.96. The number of hydrogen-bond donors (Lipinski definition) is 0. The second kappa shape index (κ2) is 3.99. The molecule has 1 aromatic carbocycles. The number of carbonyl (C=O) groups excluding carboxylic acids is 1. The number of fused-ring (bicyclic) bond motifs is 1. The smallest absolute Gasteiger partial charge is 0.256 e. The molecule has 2 nitrogen and oxygen atoms in total. The Kier molecular flexibility index (Phi) is 2.71. The van der Waals surface area contributed by atoms with Gasteiger partial charge in [-0.05, 0) is 43.4 Å². The van der Waals surface area contributed by atoms with E-state index < -0.39 is 0 Å². The van der Waals surface area contributed by atoms with Crippen LogP contribution in [-0.4, -0.2) is 16.8 Å². The lowest BCUT2D eigenvalue weighted by Gasteiger charge is -2.23. The average molecular weight is 315 g/mol. The monoisotopic (exact) mass is 313 g/mol. The topological polar surface area (TPSA) is 20.3 Å². The Morgan fingerprint density at radius 1 is 1.47 bits per heavy atom. The van der Waals surface area contributed by atoms with Gasteiger partial charge in [-0.2, -0.15) is 0 Å². The zero-order valence-electron chi connectivity index (χ0n) is 9.54. The van der Waals surface area contributed by atoms with Gasteiger partial charge in [0.05, 0.1) is 10.6 Å². The third kappa shape index (κ3) is 1.89. The van der Waals surface area contributed by atoms with Crippen LogP contribution in [-0.2, 0) is 6.54 Å². The summed E-state index contributed by atoms with van der Waals surface area (Å²) in [5.74, 6) is 0.785. The van der Waals surface area contributed by atoms with Gasteiger partial charge in [0.15, 0.2) is 0 Å². The van der Waals surface area contributed by atoms with Crippen molar-refractivity contribution in [1.29, 1.82) is 0 Å². The Morgan fingerprint density at radius 2 is 2.18 bits per heavy atom. The molecule has 1 amide bonds. The van der Waals surface area contributed by atoms with Gasteiger partial charge in [0, 0.05) is 17.1 Å². The maximum atomic E-state index is 12.3. The van der Waals surface area contributed by atoms with Crippen molar-refractivity contribution in [3.05, 3.63) is 32.8 Å². The number of amides is 1. The van der Waals surface area contributed by atoms with Gasteiger partial charge in [-0.1, -0.05) is 27.5 Å². The van der Waals surface area contributed by atoms with Crippen LogP contribution < -0.4 is 0 Å². The molecule has 0 aromatic heterocycles. The quantitative estimate of drug-likeness (QED) is 0.812. The standard InChI is InChI=1S/C13H13BrClNO/c1-7(8-2-3-8)16-6-9-4-10(14)5-11(15)12(9)13(16)17/h4-5,7-8H,2-3,6H2,1H3. The normalized spacial score (nSPS) is 20.6. The van der Waals surface area contributed by atoms with Crippen LogP contribution >= 0.6 is 27.5 Å². The summed E-state index contributed by atoms with van der Waals surface area (Å²) in [5, 5.41) is 0.560. The van der Waals surface area contributed by atoms with Crippen molar-refractivity contribution in [3.63, 3.8) is 0 Å². The minimum atomic E-state index is 0.0944. The lowest BCUT2D eigenvalue weighted by atomic mass is 10.1. The number of nitrogens with zero attached hydrogens (tertiary/aromatic N) is 1. The van der Waals surface area contributed by atoms with Crippen molar-refractivity contribution in [1.82, 2.24) is 4.90 Å². The third-order valence-electron chi connectivity index (χ3n) is 3.75. The van der Waals surface area contributed by atoms with Crippen molar-refractivity contribution in [3.8, 4) is 0 Å². The molecule has 1 heterocycles. The van der Waals surface area contributed by atoms with E-state index in [-0.39, 0.29) is 5.91 Å². The van der Waals surface area contributed by atoms with Crippen LogP contribution in [0.1, 0.15) is 35.7 Å². The average Bonchev–Trinajstić information content (AvgIpc) is 3.03. The van der Waals surface area contributed by atoms with Crippen LogP contribution in [0.25, 0.3) is 0 Å². The number of benzene rings is 1. The summed E-state index contributed by atoms with van der Waals surface area (Å²) in [6.45, 7) is 2.84. The fraction of sp³-hybridized carbons (Fsp3) is 0.462. The molecule has 0 saturated heterocycles. The highest BCUT2D eigenvalue weighted by atomic mass is 79.9. The molecule has 2 aliphatic rings. The Hall–Kier alpha value is -0.540. The van der Waals surface area contributed by atoms with E-state index >= 15 is 0 Å². The Labute approximate surface area is 114 Å². The fourth-order valence-electron chi connectivity index (χ4n) is 2.55. The highest BCUT2D eigenvalue weighted by Gasteiger charge is 2.39. The van der Waals surface area contributed by atoms with E-state index in [0.717, 1.165) is 10.0 Å². The van der Waals surface area contributed by atoms with Crippen molar-refractivity contribution < 1.29 is 4.79 Å². The van der Waals surface area contributed by atoms with Crippen LogP contribution in [0, 0.1) is 5.92 Å². The van der Waals surface area contributed by atoms with E-state index in [2.05, 4.69) is 22.9 Å². The maximum absolute atomic E-state index is 12.3. The van der Waals surface area contributed by atoms with Gasteiger partial charge < -0.3 is 4.90 Å². The molecule has 1 aliphatic heterocycles. The van der Waals surface area contributed by atoms with E-state index in [4.69, 9.17) is 11.6 Å². The molecule has 17 heavy (non-hydrogen) atoms. The number of hydrogen-bond acceptors (Lipinski definition) is 1. The van der Waals surface area contributed by atoms with Crippen molar-refractivity contribution >= 4 is 33.4 Å². The van der Waals surface area contributed by atoms with E-state index in [1.165, 1.54) is 12.8 Å². The van der Waals surface area contributed by atoms with Gasteiger partial charge >= 0.3 is 0 Å². The molecule has 90 valence electrons. The predicted molar refractivity (Wildman–Crippen MR) is 71.2 cm³/mol. The van der Waals surface area contributed by atoms with Gasteiger partial charge in [0.1, 0.15) is 0 Å². The SMILES string of the molecule is CC(C1CC1)N1Cc2cc(Br)cc(Cl)c2C1=O. The van der Waals surface area contributed by atoms with Crippen LogP contribution in [0.2, 0.25) is 5.02 Å². The second-order valence-corrected chi connectivity index (χ2v) is 6.26. The third-order valence-corrected chi connectivity index (χ3v) is 4.50. The first kappa shape index (κ1) is 11.5. The summed E-state index contributed by atoms with van der Waals surface area (Å²) in [7, 11) is 0. The zero-order valence-corrected chi connectivity index (χ0v) is 11.9. The minimum absolute atomic E-state index is 0.0944. The molecule has 0 spiro atoms. The van der Waals surface area contributed by atoms with Crippen LogP contribution in [0.4, 0.5) is 0 Å². The first-order valence-electron chi connectivity index (χ1n) is 5.87. The molecule has 1 fully saturated rings. The Morgan fingerprint density at radius 3 is 2.82 bits per heavy atom. The van der Waals surface area contributed by atoms with Crippen molar-refractivity contribution in [2.24, 2.45) is 5.92 Å². The summed E-state index contributed by atoms with van der Waals surface area (Å²) >= 11 is 9.58. The molecular formula is C13H13BrClNO. The van der Waals surface area contributed by atoms with E-state index in [9.17, 15) is 4.79 Å². The first-order chi connectivity index (χ1) is 8.08. The number of rotatable bonds is 2. The Bertz CT molecular complexity index is 498. The summed E-state index contributed by atoms with van der Waals surface area (Å²) in [6.07, 6.45) is 2.50. The molecule has 0 radical (unpaired) electrons. The molecule has 3 rings (SSSR count). The maximum Gasteiger partial charge on any atom is 0.256 e. The number of halogens is 2. The molecular weight excluding hydrogens is 302 g/mol. The van der Waals surface area contributed by atoms with Crippen molar-refractivity contribution in [2.45, 2.75) is 32.4 Å². The lowest BCUT2D eigenvalue weighted by Crippen LogP contribution is -2.34. The highest BCUT2D eigenvalue weighted by Crippen LogP contribution is 2.40. The molecule has 1 aliphatic carbocycles. The molecule has 1 unspecified atom stereocenters. The molecule has 1 atom stereocenters. The van der Waals surface area contributed by atoms with E-state index in [1.807, 2.05) is 11.0 Å². The van der Waals surface area contributed by atoms with Gasteiger partial charge in [-0.25, -0.2) is 0 Å². The fourth-order valence-corrected chi connectivity index (χ4v) is 3.51. The van der Waals surface area contributed by atoms with E-state index in [1.54, 1.807) is 6.07 Å². The number of carbonyl (C=O) groups is 1. The molecule has 0 bridgehead atoms. The zero-order chi connectivity index (χ0) is 12.2. The largest absolute Gasteiger partial charge is 0.331 e. The molecule has 0 N–H and O–H groups in total. The summed E-state index contributed by atoms with van der Waals surface area (Å²) in [6, 6.07) is 4.13. The van der Waals surface area contributed by atoms with Gasteiger partial charge in [0.25, 0.3) is 5.91 Å². The van der Waals surface area contributed by atoms with Gasteiger partial charge in [-0.3, -0.25) is 4.79 Å². The van der Waals surface area contributed by atoms with Gasteiger partial charge in [0.2, 0.25) is 0 Å². The summed E-state index contributed by atoms with van der Waals surface area (Å²) in [5.41, 5.74) is 1.74. The molecule has 4 heteroatoms. The lowest BCUT2D eigenvalue weighted by molar-refractivity contribution is 0.0697. The minimum Gasteiger partial charge on any atom is -0.331 e. The molecule has 1 aromatic rings. The van der Waals surface area contributed by atoms with Crippen molar-refractivity contribution in [2.75, 3.05) is 0 Å².